The molecule has 166 valence electrons. The summed E-state index contributed by atoms with van der Waals surface area (Å²) in [6.45, 7) is 2.80. The molecule has 0 atom stereocenters. The number of ether oxygens (including phenoxy) is 2. The summed E-state index contributed by atoms with van der Waals surface area (Å²) in [5.74, 6) is 0.423. The maximum atomic E-state index is 12.4. The summed E-state index contributed by atoms with van der Waals surface area (Å²) in [6.07, 6.45) is 3.26. The van der Waals surface area contributed by atoms with E-state index in [1.807, 2.05) is 0 Å². The molecule has 0 heterocycles. The lowest BCUT2D eigenvalue weighted by atomic mass is 10.2. The van der Waals surface area contributed by atoms with Gasteiger partial charge in [-0.05, 0) is 67.1 Å². The standard InChI is InChI=1S/C24H21Cl3N2O3/c1-2-3-4-13-31-19-9-5-16(6-10-19)24(30)32-23-12-8-18(15-22(23)27)29-28-17-7-11-20(25)21(26)14-17/h5-12,14-15H,2-4,13H2,1H3. The van der Waals surface area contributed by atoms with Gasteiger partial charge in [-0.25, -0.2) is 4.79 Å². The zero-order chi connectivity index (χ0) is 22.9. The first-order chi connectivity index (χ1) is 15.5. The largest absolute Gasteiger partial charge is 0.494 e. The van der Waals surface area contributed by atoms with Crippen molar-refractivity contribution >= 4 is 52.1 Å². The summed E-state index contributed by atoms with van der Waals surface area (Å²) in [5, 5.41) is 9.28. The van der Waals surface area contributed by atoms with Crippen molar-refractivity contribution in [1.82, 2.24) is 0 Å². The monoisotopic (exact) mass is 490 g/mol. The van der Waals surface area contributed by atoms with Gasteiger partial charge in [0.1, 0.15) is 11.5 Å². The van der Waals surface area contributed by atoms with Gasteiger partial charge in [0.05, 0.1) is 38.6 Å². The number of benzene rings is 3. The fourth-order valence-corrected chi connectivity index (χ4v) is 3.19. The van der Waals surface area contributed by atoms with Gasteiger partial charge in [-0.3, -0.25) is 0 Å². The lowest BCUT2D eigenvalue weighted by molar-refractivity contribution is 0.0735. The van der Waals surface area contributed by atoms with Crippen molar-refractivity contribution in [3.63, 3.8) is 0 Å². The molecule has 0 radical (unpaired) electrons. The van der Waals surface area contributed by atoms with Gasteiger partial charge < -0.3 is 9.47 Å². The second-order valence-electron chi connectivity index (χ2n) is 6.88. The van der Waals surface area contributed by atoms with Crippen molar-refractivity contribution in [3.8, 4) is 11.5 Å². The molecule has 3 aromatic rings. The second kappa shape index (κ2) is 11.9. The molecule has 0 N–H and O–H groups in total. The molecule has 0 unspecified atom stereocenters. The highest BCUT2D eigenvalue weighted by Crippen LogP contribution is 2.32. The van der Waals surface area contributed by atoms with Gasteiger partial charge >= 0.3 is 5.97 Å². The summed E-state index contributed by atoms with van der Waals surface area (Å²) in [4.78, 5) is 12.4. The van der Waals surface area contributed by atoms with Crippen LogP contribution in [0.2, 0.25) is 15.1 Å². The van der Waals surface area contributed by atoms with E-state index in [9.17, 15) is 4.79 Å². The molecule has 0 aliphatic heterocycles. The molecule has 5 nitrogen and oxygen atoms in total. The zero-order valence-corrected chi connectivity index (χ0v) is 19.6. The number of esters is 1. The summed E-state index contributed by atoms with van der Waals surface area (Å²) in [5.41, 5.74) is 1.43. The molecule has 3 aromatic carbocycles. The molecule has 8 heteroatoms. The van der Waals surface area contributed by atoms with Crippen molar-refractivity contribution in [2.45, 2.75) is 26.2 Å². The average molecular weight is 492 g/mol. The van der Waals surface area contributed by atoms with Crippen LogP contribution in [-0.2, 0) is 0 Å². The molecule has 0 aromatic heterocycles. The second-order valence-corrected chi connectivity index (χ2v) is 8.10. The number of carbonyl (C=O) groups excluding carboxylic acids is 1. The Kier molecular flexibility index (Phi) is 8.91. The lowest BCUT2D eigenvalue weighted by Crippen LogP contribution is -2.08. The Bertz CT molecular complexity index is 1100. The molecule has 0 bridgehead atoms. The van der Waals surface area contributed by atoms with Crippen LogP contribution in [0.3, 0.4) is 0 Å². The molecule has 3 rings (SSSR count). The number of hydrogen-bond acceptors (Lipinski definition) is 5. The molecule has 0 amide bonds. The fourth-order valence-electron chi connectivity index (χ4n) is 2.69. The average Bonchev–Trinajstić information content (AvgIpc) is 2.79. The molecule has 0 fully saturated rings. The van der Waals surface area contributed by atoms with Gasteiger partial charge in [-0.1, -0.05) is 54.6 Å². The van der Waals surface area contributed by atoms with Crippen molar-refractivity contribution < 1.29 is 14.3 Å². The van der Waals surface area contributed by atoms with Crippen LogP contribution in [0.4, 0.5) is 11.4 Å². The van der Waals surface area contributed by atoms with E-state index in [1.165, 1.54) is 0 Å². The number of carbonyl (C=O) groups is 1. The Morgan fingerprint density at radius 1 is 0.812 bits per heavy atom. The van der Waals surface area contributed by atoms with Crippen LogP contribution in [0.25, 0.3) is 0 Å². The third-order valence-corrected chi connectivity index (χ3v) is 5.44. The maximum absolute atomic E-state index is 12.4. The summed E-state index contributed by atoms with van der Waals surface area (Å²) in [7, 11) is 0. The van der Waals surface area contributed by atoms with Crippen LogP contribution in [0.5, 0.6) is 11.5 Å². The van der Waals surface area contributed by atoms with Crippen molar-refractivity contribution in [2.24, 2.45) is 10.2 Å². The van der Waals surface area contributed by atoms with Crippen LogP contribution < -0.4 is 9.47 Å². The van der Waals surface area contributed by atoms with Crippen molar-refractivity contribution in [1.29, 1.82) is 0 Å². The van der Waals surface area contributed by atoms with E-state index in [0.29, 0.717) is 39.3 Å². The molecular formula is C24H21Cl3N2O3. The lowest BCUT2D eigenvalue weighted by Gasteiger charge is -2.08. The number of nitrogens with zero attached hydrogens (tertiary/aromatic N) is 2. The van der Waals surface area contributed by atoms with Crippen LogP contribution >= 0.6 is 34.8 Å². The molecule has 0 spiro atoms. The maximum Gasteiger partial charge on any atom is 0.343 e. The van der Waals surface area contributed by atoms with Crippen molar-refractivity contribution in [2.75, 3.05) is 6.61 Å². The predicted octanol–water partition coefficient (Wildman–Crippen LogP) is 8.85. The highest BCUT2D eigenvalue weighted by Gasteiger charge is 2.12. The minimum Gasteiger partial charge on any atom is -0.494 e. The summed E-state index contributed by atoms with van der Waals surface area (Å²) >= 11 is 18.1. The van der Waals surface area contributed by atoms with Crippen LogP contribution in [-0.4, -0.2) is 12.6 Å². The van der Waals surface area contributed by atoms with Gasteiger partial charge in [0.2, 0.25) is 0 Å². The molecule has 0 saturated heterocycles. The van der Waals surface area contributed by atoms with E-state index in [4.69, 9.17) is 44.3 Å². The van der Waals surface area contributed by atoms with Crippen LogP contribution in [0.15, 0.2) is 70.9 Å². The number of hydrogen-bond donors (Lipinski definition) is 0. The van der Waals surface area contributed by atoms with E-state index >= 15 is 0 Å². The minimum atomic E-state index is -0.519. The molecule has 0 aliphatic rings. The zero-order valence-electron chi connectivity index (χ0n) is 17.4. The predicted molar refractivity (Wildman–Crippen MR) is 129 cm³/mol. The minimum absolute atomic E-state index is 0.227. The Morgan fingerprint density at radius 2 is 1.47 bits per heavy atom. The third-order valence-electron chi connectivity index (χ3n) is 4.41. The molecule has 0 saturated carbocycles. The topological polar surface area (TPSA) is 60.2 Å². The van der Waals surface area contributed by atoms with Gasteiger partial charge in [-0.2, -0.15) is 10.2 Å². The Hall–Kier alpha value is -2.60. The fraction of sp³-hybridized carbons (Fsp3) is 0.208. The summed E-state index contributed by atoms with van der Waals surface area (Å²) in [6, 6.07) is 16.5. The summed E-state index contributed by atoms with van der Waals surface area (Å²) < 4.78 is 11.1. The quantitative estimate of drug-likeness (QED) is 0.130. The highest BCUT2D eigenvalue weighted by atomic mass is 35.5. The first-order valence-corrected chi connectivity index (χ1v) is 11.2. The third kappa shape index (κ3) is 6.95. The van der Waals surface area contributed by atoms with E-state index in [2.05, 4.69) is 17.2 Å². The SMILES string of the molecule is CCCCCOc1ccc(C(=O)Oc2ccc(N=Nc3ccc(Cl)c(Cl)c3)cc2Cl)cc1. The number of unbranched alkanes of at least 4 members (excludes halogenated alkanes) is 2. The Balaban J connectivity index is 1.60. The molecule has 32 heavy (non-hydrogen) atoms. The first kappa shape index (κ1) is 24.1. The van der Waals surface area contributed by atoms with Crippen LogP contribution in [0, 0.1) is 0 Å². The highest BCUT2D eigenvalue weighted by molar-refractivity contribution is 6.42. The molecule has 0 aliphatic carbocycles. The van der Waals surface area contributed by atoms with E-state index in [-0.39, 0.29) is 10.8 Å². The van der Waals surface area contributed by atoms with Gasteiger partial charge in [0.25, 0.3) is 0 Å². The Morgan fingerprint density at radius 3 is 2.09 bits per heavy atom. The number of halogens is 3. The van der Waals surface area contributed by atoms with Crippen LogP contribution in [0.1, 0.15) is 36.5 Å². The smallest absolute Gasteiger partial charge is 0.343 e. The Labute approximate surface area is 201 Å². The first-order valence-electron chi connectivity index (χ1n) is 10.1. The van der Waals surface area contributed by atoms with Gasteiger partial charge in [-0.15, -0.1) is 0 Å². The normalized spacial score (nSPS) is 11.0. The van der Waals surface area contributed by atoms with Gasteiger partial charge in [0, 0.05) is 0 Å². The van der Waals surface area contributed by atoms with E-state index < -0.39 is 5.97 Å². The van der Waals surface area contributed by atoms with Gasteiger partial charge in [0.15, 0.2) is 0 Å². The molecular weight excluding hydrogens is 471 g/mol. The van der Waals surface area contributed by atoms with E-state index in [1.54, 1.807) is 60.7 Å². The number of azo groups is 1. The van der Waals surface area contributed by atoms with E-state index in [0.717, 1.165) is 19.3 Å². The van der Waals surface area contributed by atoms with Crippen molar-refractivity contribution in [3.05, 3.63) is 81.3 Å². The number of rotatable bonds is 9.